The van der Waals surface area contributed by atoms with Gasteiger partial charge >= 0.3 is 6.01 Å². The van der Waals surface area contributed by atoms with Crippen molar-refractivity contribution in [3.8, 4) is 22.9 Å². The minimum Gasteiger partial charge on any atom is -0.507 e. The molecule has 4 heterocycles. The predicted octanol–water partition coefficient (Wildman–Crippen LogP) is 5.97. The second kappa shape index (κ2) is 11.7. The molecule has 1 aliphatic heterocycles. The standard InChI is InChI=1S/C32H29ClF2N6O3/c1-4-25(43)40-16-19(3)41(17-18(40)2)31-21-15-22(33)26(27-23(34)8-5-9-24(27)42)28(35)29(21)37-32(38-31)44-14-13-39-12-10-20-7-6-11-36-30(20)39/h4-12,15,18-19,42H,1,13-14,16-17H2,2-3H3/t18-,19+/m1/s1. The van der Waals surface area contributed by atoms with Gasteiger partial charge < -0.3 is 24.2 Å². The number of nitrogens with zero attached hydrogens (tertiary/aromatic N) is 6. The van der Waals surface area contributed by atoms with E-state index in [1.54, 1.807) is 11.1 Å². The van der Waals surface area contributed by atoms with E-state index in [0.29, 0.717) is 25.5 Å². The highest BCUT2D eigenvalue weighted by Crippen LogP contribution is 2.43. The van der Waals surface area contributed by atoms with Crippen molar-refractivity contribution in [3.63, 3.8) is 0 Å². The molecule has 1 saturated heterocycles. The number of ether oxygens (including phenoxy) is 1. The zero-order valence-electron chi connectivity index (χ0n) is 24.0. The van der Waals surface area contributed by atoms with Gasteiger partial charge in [-0.1, -0.05) is 24.2 Å². The first kappa shape index (κ1) is 29.3. The molecule has 3 aromatic heterocycles. The molecule has 1 aliphatic rings. The van der Waals surface area contributed by atoms with Crippen LogP contribution >= 0.6 is 11.6 Å². The molecule has 1 N–H and O–H groups in total. The third kappa shape index (κ3) is 5.17. The number of halogens is 3. The van der Waals surface area contributed by atoms with Gasteiger partial charge in [0.2, 0.25) is 5.91 Å². The number of pyridine rings is 1. The lowest BCUT2D eigenvalue weighted by molar-refractivity contribution is -0.128. The average Bonchev–Trinajstić information content (AvgIpc) is 3.42. The molecule has 0 radical (unpaired) electrons. The highest BCUT2D eigenvalue weighted by Gasteiger charge is 2.34. The third-order valence-electron chi connectivity index (χ3n) is 7.89. The van der Waals surface area contributed by atoms with E-state index in [0.717, 1.165) is 17.1 Å². The first-order valence-electron chi connectivity index (χ1n) is 14.1. The number of amides is 1. The van der Waals surface area contributed by atoms with Crippen LogP contribution in [0.1, 0.15) is 13.8 Å². The van der Waals surface area contributed by atoms with Crippen LogP contribution in [-0.2, 0) is 11.3 Å². The van der Waals surface area contributed by atoms with E-state index in [-0.39, 0.29) is 57.7 Å². The van der Waals surface area contributed by atoms with Gasteiger partial charge in [0.25, 0.3) is 0 Å². The van der Waals surface area contributed by atoms with Crippen LogP contribution in [0.3, 0.4) is 0 Å². The molecule has 44 heavy (non-hydrogen) atoms. The number of fused-ring (bicyclic) bond motifs is 2. The number of hydrogen-bond donors (Lipinski definition) is 1. The molecule has 2 aromatic carbocycles. The Bertz CT molecular complexity index is 1890. The third-order valence-corrected chi connectivity index (χ3v) is 8.18. The summed E-state index contributed by atoms with van der Waals surface area (Å²) >= 11 is 6.58. The fourth-order valence-electron chi connectivity index (χ4n) is 5.71. The van der Waals surface area contributed by atoms with E-state index < -0.39 is 17.4 Å². The molecule has 0 saturated carbocycles. The van der Waals surface area contributed by atoms with E-state index in [9.17, 15) is 14.3 Å². The number of hydrogen-bond acceptors (Lipinski definition) is 7. The van der Waals surface area contributed by atoms with Crippen LogP contribution in [0, 0.1) is 11.6 Å². The van der Waals surface area contributed by atoms with E-state index in [1.165, 1.54) is 24.3 Å². The molecule has 9 nitrogen and oxygen atoms in total. The number of rotatable bonds is 7. The molecule has 1 fully saturated rings. The van der Waals surface area contributed by atoms with Crippen LogP contribution in [0.2, 0.25) is 5.02 Å². The summed E-state index contributed by atoms with van der Waals surface area (Å²) in [6.45, 7) is 8.76. The summed E-state index contributed by atoms with van der Waals surface area (Å²) in [5.41, 5.74) is -0.0475. The van der Waals surface area contributed by atoms with Gasteiger partial charge in [-0.2, -0.15) is 9.97 Å². The highest BCUT2D eigenvalue weighted by atomic mass is 35.5. The zero-order valence-corrected chi connectivity index (χ0v) is 24.8. The molecular weight excluding hydrogens is 590 g/mol. The molecule has 5 aromatic rings. The second-order valence-corrected chi connectivity index (χ2v) is 11.1. The Kier molecular flexibility index (Phi) is 7.81. The molecule has 0 bridgehead atoms. The Morgan fingerprint density at radius 1 is 1.14 bits per heavy atom. The summed E-state index contributed by atoms with van der Waals surface area (Å²) in [6, 6.07) is 10.4. The van der Waals surface area contributed by atoms with Crippen LogP contribution < -0.4 is 9.64 Å². The maximum absolute atomic E-state index is 16.4. The van der Waals surface area contributed by atoms with E-state index in [2.05, 4.69) is 16.5 Å². The summed E-state index contributed by atoms with van der Waals surface area (Å²) < 4.78 is 39.2. The largest absolute Gasteiger partial charge is 0.507 e. The lowest BCUT2D eigenvalue weighted by Crippen LogP contribution is -2.58. The van der Waals surface area contributed by atoms with Crippen LogP contribution in [0.4, 0.5) is 14.6 Å². The Balaban J connectivity index is 1.44. The lowest BCUT2D eigenvalue weighted by Gasteiger charge is -2.44. The van der Waals surface area contributed by atoms with Crippen molar-refractivity contribution in [3.05, 3.63) is 84.2 Å². The topological polar surface area (TPSA) is 96.6 Å². The Morgan fingerprint density at radius 3 is 2.73 bits per heavy atom. The molecule has 6 rings (SSSR count). The van der Waals surface area contributed by atoms with Gasteiger partial charge in [0.15, 0.2) is 5.82 Å². The number of phenols is 1. The number of aromatic hydroxyl groups is 1. The van der Waals surface area contributed by atoms with Crippen molar-refractivity contribution >= 4 is 45.3 Å². The maximum Gasteiger partial charge on any atom is 0.319 e. The van der Waals surface area contributed by atoms with Crippen LogP contribution in [0.5, 0.6) is 11.8 Å². The summed E-state index contributed by atoms with van der Waals surface area (Å²) in [6.07, 6.45) is 4.89. The Labute approximate surface area is 257 Å². The average molecular weight is 619 g/mol. The fraction of sp³-hybridized carbons (Fsp3) is 0.250. The molecule has 0 spiro atoms. The van der Waals surface area contributed by atoms with Crippen molar-refractivity contribution in [2.75, 3.05) is 24.6 Å². The fourth-order valence-corrected chi connectivity index (χ4v) is 6.00. The maximum atomic E-state index is 16.4. The van der Waals surface area contributed by atoms with E-state index in [1.807, 2.05) is 47.7 Å². The van der Waals surface area contributed by atoms with E-state index in [4.69, 9.17) is 21.3 Å². The summed E-state index contributed by atoms with van der Waals surface area (Å²) in [4.78, 5) is 29.6. The van der Waals surface area contributed by atoms with Gasteiger partial charge in [0.05, 0.1) is 17.1 Å². The number of carbonyl (C=O) groups excluding carboxylic acids is 1. The normalized spacial score (nSPS) is 16.9. The lowest BCUT2D eigenvalue weighted by atomic mass is 10.0. The Morgan fingerprint density at radius 2 is 1.95 bits per heavy atom. The molecule has 12 heteroatoms. The molecular formula is C32H29ClF2N6O3. The van der Waals surface area contributed by atoms with Gasteiger partial charge in [0, 0.05) is 53.9 Å². The summed E-state index contributed by atoms with van der Waals surface area (Å²) in [7, 11) is 0. The first-order chi connectivity index (χ1) is 21.2. The summed E-state index contributed by atoms with van der Waals surface area (Å²) in [5.74, 6) is -2.06. The van der Waals surface area contributed by atoms with E-state index >= 15 is 4.39 Å². The molecule has 2 atom stereocenters. The minimum absolute atomic E-state index is 0.0914. The number of anilines is 1. The smallest absolute Gasteiger partial charge is 0.319 e. The molecule has 1 amide bonds. The second-order valence-electron chi connectivity index (χ2n) is 10.7. The van der Waals surface area contributed by atoms with Gasteiger partial charge in [-0.05, 0) is 56.3 Å². The van der Waals surface area contributed by atoms with Crippen molar-refractivity contribution < 1.29 is 23.4 Å². The number of piperazine rings is 1. The van der Waals surface area contributed by atoms with Gasteiger partial charge in [-0.15, -0.1) is 0 Å². The molecule has 0 aliphatic carbocycles. The zero-order chi connectivity index (χ0) is 31.1. The van der Waals surface area contributed by atoms with Gasteiger partial charge in [-0.25, -0.2) is 13.8 Å². The van der Waals surface area contributed by atoms with Crippen molar-refractivity contribution in [1.29, 1.82) is 0 Å². The predicted molar refractivity (Wildman–Crippen MR) is 165 cm³/mol. The quantitative estimate of drug-likeness (QED) is 0.224. The number of carbonyl (C=O) groups is 1. The van der Waals surface area contributed by atoms with Crippen molar-refractivity contribution in [2.45, 2.75) is 32.5 Å². The number of aromatic nitrogens is 4. The molecule has 226 valence electrons. The van der Waals surface area contributed by atoms with Gasteiger partial charge in [-0.3, -0.25) is 4.79 Å². The number of phenolic OH excluding ortho intramolecular Hbond substituents is 1. The SMILES string of the molecule is C=CC(=O)N1C[C@H](C)N(c2nc(OCCn3ccc4cccnc43)nc3c(F)c(-c4c(O)cccc4F)c(Cl)cc23)C[C@H]1C. The minimum atomic E-state index is -0.928. The Hall–Kier alpha value is -4.77. The number of benzene rings is 2. The molecule has 0 unspecified atom stereocenters. The van der Waals surface area contributed by atoms with Crippen LogP contribution in [0.15, 0.2) is 67.5 Å². The van der Waals surface area contributed by atoms with Crippen molar-refractivity contribution in [2.24, 2.45) is 0 Å². The summed E-state index contributed by atoms with van der Waals surface area (Å²) in [5, 5.41) is 11.6. The van der Waals surface area contributed by atoms with Crippen LogP contribution in [-0.4, -0.2) is 67.2 Å². The van der Waals surface area contributed by atoms with Crippen molar-refractivity contribution in [1.82, 2.24) is 24.4 Å². The van der Waals surface area contributed by atoms with Gasteiger partial charge in [0.1, 0.15) is 35.2 Å². The van der Waals surface area contributed by atoms with Crippen LogP contribution in [0.25, 0.3) is 33.1 Å². The monoisotopic (exact) mass is 618 g/mol. The first-order valence-corrected chi connectivity index (χ1v) is 14.5. The highest BCUT2D eigenvalue weighted by molar-refractivity contribution is 6.34.